The molecule has 1 aliphatic rings. The van der Waals surface area contributed by atoms with E-state index in [0.717, 1.165) is 11.1 Å². The molecule has 0 bridgehead atoms. The molecule has 170 valence electrons. The zero-order chi connectivity index (χ0) is 22.4. The van der Waals surface area contributed by atoms with E-state index in [0.29, 0.717) is 11.5 Å². The molecule has 0 radical (unpaired) electrons. The average molecular weight is 434 g/mol. The molecule has 3 rings (SSSR count). The molecule has 0 aliphatic heterocycles. The fourth-order valence-electron chi connectivity index (χ4n) is 3.72. The van der Waals surface area contributed by atoms with E-state index in [4.69, 9.17) is 18.9 Å². The van der Waals surface area contributed by atoms with Crippen molar-refractivity contribution in [3.05, 3.63) is 59.7 Å². The Morgan fingerprint density at radius 2 is 1.03 bits per heavy atom. The van der Waals surface area contributed by atoms with Crippen molar-refractivity contribution in [1.29, 1.82) is 0 Å². The summed E-state index contributed by atoms with van der Waals surface area (Å²) in [6, 6.07) is 14.4. The molecule has 0 spiro atoms. The lowest BCUT2D eigenvalue weighted by atomic mass is 9.78. The van der Waals surface area contributed by atoms with Crippen molar-refractivity contribution in [2.24, 2.45) is 5.92 Å². The fourth-order valence-corrected chi connectivity index (χ4v) is 3.72. The highest BCUT2D eigenvalue weighted by Gasteiger charge is 2.50. The summed E-state index contributed by atoms with van der Waals surface area (Å²) in [6.45, 7) is -0.218. The topological polar surface area (TPSA) is 118 Å². The zero-order valence-corrected chi connectivity index (χ0v) is 17.6. The van der Waals surface area contributed by atoms with Gasteiger partial charge in [0.25, 0.3) is 0 Å². The van der Waals surface area contributed by atoms with Crippen molar-refractivity contribution in [3.63, 3.8) is 0 Å². The smallest absolute Gasteiger partial charge is 0.118 e. The average Bonchev–Trinajstić information content (AvgIpc) is 2.80. The lowest BCUT2D eigenvalue weighted by molar-refractivity contribution is -0.240. The van der Waals surface area contributed by atoms with E-state index in [2.05, 4.69) is 0 Å². The van der Waals surface area contributed by atoms with Crippen LogP contribution in [0.15, 0.2) is 48.5 Å². The van der Waals surface area contributed by atoms with Gasteiger partial charge < -0.3 is 39.4 Å². The van der Waals surface area contributed by atoms with E-state index in [1.807, 2.05) is 24.3 Å². The minimum Gasteiger partial charge on any atom is -0.497 e. The van der Waals surface area contributed by atoms with Crippen LogP contribution < -0.4 is 9.47 Å². The number of hydrogen-bond donors (Lipinski definition) is 4. The third-order valence-electron chi connectivity index (χ3n) is 5.64. The maximum atomic E-state index is 10.8. The highest BCUT2D eigenvalue weighted by molar-refractivity contribution is 5.27. The summed E-state index contributed by atoms with van der Waals surface area (Å²) >= 11 is 0. The van der Waals surface area contributed by atoms with E-state index < -0.39 is 43.0 Å². The molecule has 2 aromatic carbocycles. The molecule has 0 aromatic heterocycles. The zero-order valence-electron chi connectivity index (χ0n) is 17.6. The summed E-state index contributed by atoms with van der Waals surface area (Å²) in [6.07, 6.45) is -5.88. The fraction of sp³-hybridized carbons (Fsp3) is 0.478. The van der Waals surface area contributed by atoms with Crippen LogP contribution in [0.4, 0.5) is 0 Å². The molecule has 0 amide bonds. The van der Waals surface area contributed by atoms with E-state index >= 15 is 0 Å². The van der Waals surface area contributed by atoms with Gasteiger partial charge in [0.2, 0.25) is 0 Å². The minimum atomic E-state index is -1.29. The second-order valence-corrected chi connectivity index (χ2v) is 7.57. The third-order valence-corrected chi connectivity index (χ3v) is 5.64. The summed E-state index contributed by atoms with van der Waals surface area (Å²) in [5, 5.41) is 41.7. The molecule has 2 aromatic rings. The third kappa shape index (κ3) is 5.54. The van der Waals surface area contributed by atoms with Crippen LogP contribution in [0, 0.1) is 5.92 Å². The number of benzene rings is 2. The second-order valence-electron chi connectivity index (χ2n) is 7.57. The van der Waals surface area contributed by atoms with Gasteiger partial charge in [0.15, 0.2) is 0 Å². The molecule has 31 heavy (non-hydrogen) atoms. The summed E-state index contributed by atoms with van der Waals surface area (Å²) in [5.41, 5.74) is 1.64. The first-order valence-electron chi connectivity index (χ1n) is 10.1. The van der Waals surface area contributed by atoms with E-state index in [-0.39, 0.29) is 13.2 Å². The lowest BCUT2D eigenvalue weighted by Gasteiger charge is -2.45. The van der Waals surface area contributed by atoms with Crippen molar-refractivity contribution >= 4 is 0 Å². The van der Waals surface area contributed by atoms with Crippen molar-refractivity contribution < 1.29 is 39.4 Å². The van der Waals surface area contributed by atoms with Crippen LogP contribution in [0.25, 0.3) is 0 Å². The number of methoxy groups -OCH3 is 2. The Labute approximate surface area is 181 Å². The van der Waals surface area contributed by atoms with Crippen molar-refractivity contribution in [3.8, 4) is 11.5 Å². The highest BCUT2D eigenvalue weighted by Crippen LogP contribution is 2.31. The Bertz CT molecular complexity index is 729. The number of ether oxygens (including phenoxy) is 4. The van der Waals surface area contributed by atoms with Gasteiger partial charge in [-0.1, -0.05) is 24.3 Å². The maximum Gasteiger partial charge on any atom is 0.118 e. The van der Waals surface area contributed by atoms with Crippen molar-refractivity contribution in [1.82, 2.24) is 0 Å². The van der Waals surface area contributed by atoms with Gasteiger partial charge in [-0.05, 0) is 35.4 Å². The summed E-state index contributed by atoms with van der Waals surface area (Å²) in [5.74, 6) is 0.499. The standard InChI is InChI=1S/C23H30O8/c1-28-16-7-3-14(4-8-16)12-30-22-19(25)18(11-24)20(26)23(21(22)27)31-13-15-5-9-17(29-2)10-6-15/h3-10,18-27H,11-13H2,1-2H3/t18?,19-,20+,21?,22+,23-. The van der Waals surface area contributed by atoms with Crippen LogP contribution in [0.5, 0.6) is 11.5 Å². The van der Waals surface area contributed by atoms with E-state index in [1.165, 1.54) is 0 Å². The van der Waals surface area contributed by atoms with E-state index in [9.17, 15) is 20.4 Å². The van der Waals surface area contributed by atoms with Gasteiger partial charge in [0.05, 0.1) is 46.2 Å². The van der Waals surface area contributed by atoms with Crippen LogP contribution in [-0.2, 0) is 22.7 Å². The van der Waals surface area contributed by atoms with Gasteiger partial charge in [0.1, 0.15) is 29.8 Å². The highest BCUT2D eigenvalue weighted by atomic mass is 16.5. The summed E-state index contributed by atoms with van der Waals surface area (Å²) < 4.78 is 21.9. The van der Waals surface area contributed by atoms with Crippen LogP contribution in [0.2, 0.25) is 0 Å². The Kier molecular flexibility index (Phi) is 8.25. The van der Waals surface area contributed by atoms with Crippen LogP contribution in [-0.4, -0.2) is 71.8 Å². The molecule has 0 heterocycles. The molecule has 8 heteroatoms. The first-order chi connectivity index (χ1) is 15.0. The molecule has 6 atom stereocenters. The largest absolute Gasteiger partial charge is 0.497 e. The molecule has 4 N–H and O–H groups in total. The Morgan fingerprint density at radius 3 is 1.35 bits per heavy atom. The summed E-state index contributed by atoms with van der Waals surface area (Å²) in [4.78, 5) is 0. The first kappa shape index (κ1) is 23.5. The van der Waals surface area contributed by atoms with Crippen LogP contribution in [0.3, 0.4) is 0 Å². The number of aliphatic hydroxyl groups excluding tert-OH is 4. The molecule has 1 saturated carbocycles. The SMILES string of the molecule is COc1ccc(CO[C@@H]2C(O)[C@H](OCc3ccc(OC)cc3)[C@@H](O)C(CO)[C@H]2O)cc1. The van der Waals surface area contributed by atoms with E-state index in [1.54, 1.807) is 38.5 Å². The van der Waals surface area contributed by atoms with Crippen molar-refractivity contribution in [2.45, 2.75) is 43.7 Å². The van der Waals surface area contributed by atoms with Gasteiger partial charge in [-0.15, -0.1) is 0 Å². The molecule has 1 fully saturated rings. The Hall–Kier alpha value is -2.20. The lowest BCUT2D eigenvalue weighted by Crippen LogP contribution is -2.63. The molecule has 0 saturated heterocycles. The van der Waals surface area contributed by atoms with Crippen LogP contribution >= 0.6 is 0 Å². The van der Waals surface area contributed by atoms with Gasteiger partial charge in [-0.25, -0.2) is 0 Å². The molecular formula is C23H30O8. The molecular weight excluding hydrogens is 404 g/mol. The number of rotatable bonds is 9. The van der Waals surface area contributed by atoms with Gasteiger partial charge in [-0.3, -0.25) is 0 Å². The maximum absolute atomic E-state index is 10.8. The number of hydrogen-bond acceptors (Lipinski definition) is 8. The monoisotopic (exact) mass is 434 g/mol. The minimum absolute atomic E-state index is 0.127. The van der Waals surface area contributed by atoms with Crippen molar-refractivity contribution in [2.75, 3.05) is 20.8 Å². The summed E-state index contributed by atoms with van der Waals surface area (Å²) in [7, 11) is 3.15. The van der Waals surface area contributed by atoms with Gasteiger partial charge in [0, 0.05) is 5.92 Å². The Morgan fingerprint density at radius 1 is 0.645 bits per heavy atom. The normalized spacial score (nSPS) is 28.3. The van der Waals surface area contributed by atoms with Crippen LogP contribution in [0.1, 0.15) is 11.1 Å². The molecule has 1 aliphatic carbocycles. The molecule has 2 unspecified atom stereocenters. The quantitative estimate of drug-likeness (QED) is 0.460. The van der Waals surface area contributed by atoms with Gasteiger partial charge in [-0.2, -0.15) is 0 Å². The number of aliphatic hydroxyl groups is 4. The predicted molar refractivity (Wildman–Crippen MR) is 112 cm³/mol. The first-order valence-corrected chi connectivity index (χ1v) is 10.1. The molecule has 8 nitrogen and oxygen atoms in total. The predicted octanol–water partition coefficient (Wildman–Crippen LogP) is 0.879. The van der Waals surface area contributed by atoms with Gasteiger partial charge >= 0.3 is 0 Å². The Balaban J connectivity index is 1.67. The second kappa shape index (κ2) is 10.9.